The molecule has 23 heavy (non-hydrogen) atoms. The summed E-state index contributed by atoms with van der Waals surface area (Å²) in [7, 11) is 1.60. The maximum absolute atomic E-state index is 12.3. The highest BCUT2D eigenvalue weighted by atomic mass is 16.5. The number of aryl methyl sites for hydroxylation is 1. The van der Waals surface area contributed by atoms with E-state index in [1.54, 1.807) is 31.1 Å². The molecule has 6 nitrogen and oxygen atoms in total. The first-order valence-corrected chi connectivity index (χ1v) is 7.64. The van der Waals surface area contributed by atoms with Gasteiger partial charge in [0.25, 0.3) is 5.91 Å². The highest BCUT2D eigenvalue weighted by Gasteiger charge is 2.39. The number of carboxylic acid groups (broad SMARTS) is 1. The normalized spacial score (nSPS) is 20.9. The number of likely N-dealkylation sites (tertiary alicyclic amines) is 1. The highest BCUT2D eigenvalue weighted by molar-refractivity contribution is 5.80. The molecular formula is C17H23NO5. The van der Waals surface area contributed by atoms with Gasteiger partial charge in [0, 0.05) is 13.1 Å². The van der Waals surface area contributed by atoms with Gasteiger partial charge in [-0.1, -0.05) is 0 Å². The number of carboxylic acids is 1. The maximum Gasteiger partial charge on any atom is 0.311 e. The third kappa shape index (κ3) is 3.94. The quantitative estimate of drug-likeness (QED) is 0.899. The molecule has 1 aliphatic rings. The van der Waals surface area contributed by atoms with Crippen LogP contribution in [0, 0.1) is 12.3 Å². The van der Waals surface area contributed by atoms with Gasteiger partial charge in [0.2, 0.25) is 0 Å². The van der Waals surface area contributed by atoms with Crippen LogP contribution in [0.5, 0.6) is 11.5 Å². The van der Waals surface area contributed by atoms with Gasteiger partial charge < -0.3 is 19.5 Å². The van der Waals surface area contributed by atoms with E-state index in [2.05, 4.69) is 0 Å². The largest absolute Gasteiger partial charge is 0.496 e. The zero-order valence-corrected chi connectivity index (χ0v) is 13.8. The van der Waals surface area contributed by atoms with Crippen LogP contribution in [0.3, 0.4) is 0 Å². The minimum Gasteiger partial charge on any atom is -0.496 e. The number of aliphatic carboxylic acids is 1. The molecule has 1 aromatic carbocycles. The van der Waals surface area contributed by atoms with Crippen molar-refractivity contribution in [2.45, 2.75) is 26.7 Å². The Hall–Kier alpha value is -2.24. The molecule has 1 fully saturated rings. The van der Waals surface area contributed by atoms with E-state index in [-0.39, 0.29) is 19.1 Å². The average molecular weight is 321 g/mol. The first-order valence-electron chi connectivity index (χ1n) is 7.64. The first-order chi connectivity index (χ1) is 10.9. The van der Waals surface area contributed by atoms with Crippen molar-refractivity contribution in [3.05, 3.63) is 23.8 Å². The zero-order chi connectivity index (χ0) is 17.0. The van der Waals surface area contributed by atoms with Crippen LogP contribution in [0.25, 0.3) is 0 Å². The second kappa shape index (κ2) is 6.89. The summed E-state index contributed by atoms with van der Waals surface area (Å²) in [5.74, 6) is 0.305. The van der Waals surface area contributed by atoms with E-state index < -0.39 is 11.4 Å². The molecule has 1 amide bonds. The highest BCUT2D eigenvalue weighted by Crippen LogP contribution is 2.30. The van der Waals surface area contributed by atoms with Crippen LogP contribution in [0.4, 0.5) is 0 Å². The molecule has 0 bridgehead atoms. The number of nitrogens with zero attached hydrogens (tertiary/aromatic N) is 1. The SMILES string of the molecule is COc1ccc(OCC(=O)N2CCCC(C)(C(=O)O)C2)cc1C. The van der Waals surface area contributed by atoms with E-state index in [4.69, 9.17) is 9.47 Å². The number of benzene rings is 1. The van der Waals surface area contributed by atoms with Gasteiger partial charge in [-0.25, -0.2) is 0 Å². The topological polar surface area (TPSA) is 76.1 Å². The van der Waals surface area contributed by atoms with Crippen LogP contribution in [0.1, 0.15) is 25.3 Å². The van der Waals surface area contributed by atoms with Crippen LogP contribution < -0.4 is 9.47 Å². The zero-order valence-electron chi connectivity index (χ0n) is 13.8. The van der Waals surface area contributed by atoms with Gasteiger partial charge in [0.15, 0.2) is 6.61 Å². The molecule has 0 saturated carbocycles. The Morgan fingerprint density at radius 3 is 2.74 bits per heavy atom. The molecule has 1 atom stereocenters. The van der Waals surface area contributed by atoms with E-state index in [9.17, 15) is 14.7 Å². The van der Waals surface area contributed by atoms with Gasteiger partial charge in [-0.15, -0.1) is 0 Å². The lowest BCUT2D eigenvalue weighted by Crippen LogP contribution is -2.49. The number of ether oxygens (including phenoxy) is 2. The molecule has 1 aromatic rings. The van der Waals surface area contributed by atoms with Crippen LogP contribution in [-0.4, -0.2) is 48.7 Å². The molecule has 2 rings (SSSR count). The molecule has 0 aliphatic carbocycles. The minimum atomic E-state index is -0.870. The van der Waals surface area contributed by atoms with Gasteiger partial charge in [-0.2, -0.15) is 0 Å². The van der Waals surface area contributed by atoms with E-state index in [0.29, 0.717) is 25.1 Å². The number of methoxy groups -OCH3 is 1. The molecule has 1 saturated heterocycles. The van der Waals surface area contributed by atoms with Crippen molar-refractivity contribution in [1.82, 2.24) is 4.90 Å². The summed E-state index contributed by atoms with van der Waals surface area (Å²) in [4.78, 5) is 25.2. The smallest absolute Gasteiger partial charge is 0.311 e. The second-order valence-corrected chi connectivity index (χ2v) is 6.20. The number of hydrogen-bond acceptors (Lipinski definition) is 4. The van der Waals surface area contributed by atoms with E-state index in [1.165, 1.54) is 0 Å². The van der Waals surface area contributed by atoms with Crippen LogP contribution in [-0.2, 0) is 9.59 Å². The molecule has 0 radical (unpaired) electrons. The van der Waals surface area contributed by atoms with Gasteiger partial charge in [0.1, 0.15) is 11.5 Å². The Labute approximate surface area is 136 Å². The summed E-state index contributed by atoms with van der Waals surface area (Å²) < 4.78 is 10.7. The van der Waals surface area contributed by atoms with Crippen molar-refractivity contribution < 1.29 is 24.2 Å². The summed E-state index contributed by atoms with van der Waals surface area (Å²) in [6, 6.07) is 5.35. The van der Waals surface area contributed by atoms with Crippen molar-refractivity contribution in [3.63, 3.8) is 0 Å². The molecule has 1 unspecified atom stereocenters. The Kier molecular flexibility index (Phi) is 5.13. The molecule has 0 aromatic heterocycles. The number of rotatable bonds is 5. The van der Waals surface area contributed by atoms with Gasteiger partial charge in [-0.3, -0.25) is 9.59 Å². The minimum absolute atomic E-state index is 0.0958. The fraction of sp³-hybridized carbons (Fsp3) is 0.529. The summed E-state index contributed by atoms with van der Waals surface area (Å²) in [6.45, 7) is 4.29. The van der Waals surface area contributed by atoms with Gasteiger partial charge in [0.05, 0.1) is 12.5 Å². The van der Waals surface area contributed by atoms with E-state index >= 15 is 0 Å². The van der Waals surface area contributed by atoms with Crippen molar-refractivity contribution in [2.24, 2.45) is 5.41 Å². The number of piperidine rings is 1. The lowest BCUT2D eigenvalue weighted by Gasteiger charge is -2.37. The van der Waals surface area contributed by atoms with Gasteiger partial charge >= 0.3 is 5.97 Å². The summed E-state index contributed by atoms with van der Waals surface area (Å²) >= 11 is 0. The Balaban J connectivity index is 1.94. The third-order valence-corrected chi connectivity index (χ3v) is 4.29. The summed E-state index contributed by atoms with van der Waals surface area (Å²) in [5.41, 5.74) is 0.0545. The molecule has 1 heterocycles. The number of carbonyl (C=O) groups is 2. The van der Waals surface area contributed by atoms with Crippen LogP contribution >= 0.6 is 0 Å². The molecule has 1 aliphatic heterocycles. The van der Waals surface area contributed by atoms with E-state index in [0.717, 1.165) is 11.3 Å². The number of carbonyl (C=O) groups excluding carboxylic acids is 1. The van der Waals surface area contributed by atoms with Crippen molar-refractivity contribution in [3.8, 4) is 11.5 Å². The van der Waals surface area contributed by atoms with Crippen LogP contribution in [0.15, 0.2) is 18.2 Å². The summed E-state index contributed by atoms with van der Waals surface area (Å²) in [6.07, 6.45) is 1.28. The fourth-order valence-corrected chi connectivity index (χ4v) is 2.80. The van der Waals surface area contributed by atoms with Crippen LogP contribution in [0.2, 0.25) is 0 Å². The Bertz CT molecular complexity index is 601. The Morgan fingerprint density at radius 2 is 2.13 bits per heavy atom. The Morgan fingerprint density at radius 1 is 1.39 bits per heavy atom. The monoisotopic (exact) mass is 321 g/mol. The molecular weight excluding hydrogens is 298 g/mol. The summed E-state index contributed by atoms with van der Waals surface area (Å²) in [5, 5.41) is 9.30. The average Bonchev–Trinajstić information content (AvgIpc) is 2.52. The third-order valence-electron chi connectivity index (χ3n) is 4.29. The van der Waals surface area contributed by atoms with Crippen molar-refractivity contribution in [1.29, 1.82) is 0 Å². The van der Waals surface area contributed by atoms with E-state index in [1.807, 2.05) is 13.0 Å². The molecule has 0 spiro atoms. The lowest BCUT2D eigenvalue weighted by molar-refractivity contribution is -0.153. The fourth-order valence-electron chi connectivity index (χ4n) is 2.80. The molecule has 6 heteroatoms. The first kappa shape index (κ1) is 17.1. The lowest BCUT2D eigenvalue weighted by atomic mass is 9.82. The number of hydrogen-bond donors (Lipinski definition) is 1. The standard InChI is InChI=1S/C17H23NO5/c1-12-9-13(5-6-14(12)22-3)23-10-15(19)18-8-4-7-17(2,11-18)16(20)21/h5-6,9H,4,7-8,10-11H2,1-3H3,(H,20,21). The number of amides is 1. The van der Waals surface area contributed by atoms with Crippen molar-refractivity contribution >= 4 is 11.9 Å². The second-order valence-electron chi connectivity index (χ2n) is 6.20. The predicted octanol–water partition coefficient (Wildman–Crippen LogP) is 2.10. The maximum atomic E-state index is 12.3. The van der Waals surface area contributed by atoms with Gasteiger partial charge in [-0.05, 0) is 50.5 Å². The molecule has 126 valence electrons. The predicted molar refractivity (Wildman–Crippen MR) is 84.8 cm³/mol. The molecule has 1 N–H and O–H groups in total. The van der Waals surface area contributed by atoms with Crippen molar-refractivity contribution in [2.75, 3.05) is 26.8 Å².